The van der Waals surface area contributed by atoms with Gasteiger partial charge in [0.15, 0.2) is 5.96 Å². The van der Waals surface area contributed by atoms with E-state index in [0.29, 0.717) is 31.2 Å². The second-order valence-corrected chi connectivity index (χ2v) is 11.1. The van der Waals surface area contributed by atoms with E-state index in [4.69, 9.17) is 15.5 Å². The predicted octanol–water partition coefficient (Wildman–Crippen LogP) is 5.67. The molecule has 4 rings (SSSR count). The number of nitrogens with zero attached hydrogens (tertiary/aromatic N) is 2. The van der Waals surface area contributed by atoms with Gasteiger partial charge in [-0.25, -0.2) is 4.99 Å². The summed E-state index contributed by atoms with van der Waals surface area (Å²) in [6.07, 6.45) is 3.64. The third-order valence-corrected chi connectivity index (χ3v) is 7.91. The van der Waals surface area contributed by atoms with Gasteiger partial charge in [-0.2, -0.15) is 0 Å². The first-order valence-corrected chi connectivity index (χ1v) is 13.9. The lowest BCUT2D eigenvalue weighted by Gasteiger charge is -2.40. The minimum Gasteiger partial charge on any atom is -0.487 e. The summed E-state index contributed by atoms with van der Waals surface area (Å²) < 4.78 is 6.13. The van der Waals surface area contributed by atoms with Gasteiger partial charge in [0.25, 0.3) is 5.91 Å². The normalized spacial score (nSPS) is 20.0. The molecule has 2 amide bonds. The lowest BCUT2D eigenvalue weighted by Crippen LogP contribution is -2.52. The Hall–Kier alpha value is -3.79. The number of carbonyl (C=O) groups excluding carboxylic acids is 2. The van der Waals surface area contributed by atoms with E-state index in [9.17, 15) is 9.59 Å². The molecule has 0 radical (unpaired) electrons. The van der Waals surface area contributed by atoms with E-state index in [2.05, 4.69) is 17.2 Å². The van der Waals surface area contributed by atoms with Crippen molar-refractivity contribution >= 4 is 17.8 Å². The van der Waals surface area contributed by atoms with E-state index in [1.807, 2.05) is 70.2 Å². The van der Waals surface area contributed by atoms with Crippen molar-refractivity contribution in [1.29, 1.82) is 0 Å². The highest BCUT2D eigenvalue weighted by molar-refractivity contribution is 6.00. The molecule has 0 spiro atoms. The molecule has 2 atom stereocenters. The molecule has 0 bridgehead atoms. The van der Waals surface area contributed by atoms with E-state index >= 15 is 0 Å². The first-order chi connectivity index (χ1) is 18.6. The lowest BCUT2D eigenvalue weighted by molar-refractivity contribution is -0.131. The van der Waals surface area contributed by atoms with Gasteiger partial charge in [-0.05, 0) is 63.8 Å². The Morgan fingerprint density at radius 3 is 2.64 bits per heavy atom. The molecule has 206 valence electrons. The Morgan fingerprint density at radius 1 is 1.21 bits per heavy atom. The number of hydrogen-bond donors (Lipinski definition) is 2. The van der Waals surface area contributed by atoms with Gasteiger partial charge >= 0.3 is 0 Å². The van der Waals surface area contributed by atoms with Crippen LogP contribution >= 0.6 is 0 Å². The van der Waals surface area contributed by atoms with Crippen LogP contribution in [0.3, 0.4) is 0 Å². The van der Waals surface area contributed by atoms with Crippen LogP contribution in [0.15, 0.2) is 53.5 Å². The van der Waals surface area contributed by atoms with Crippen LogP contribution in [0, 0.1) is 11.8 Å². The van der Waals surface area contributed by atoms with Gasteiger partial charge in [-0.15, -0.1) is 11.8 Å². The second-order valence-electron chi connectivity index (χ2n) is 11.1. The van der Waals surface area contributed by atoms with Crippen molar-refractivity contribution < 1.29 is 14.3 Å². The molecule has 3 N–H and O–H groups in total. The van der Waals surface area contributed by atoms with Gasteiger partial charge in [0.2, 0.25) is 5.91 Å². The predicted molar refractivity (Wildman–Crippen MR) is 154 cm³/mol. The number of benzene rings is 2. The van der Waals surface area contributed by atoms with Gasteiger partial charge in [0, 0.05) is 24.0 Å². The highest BCUT2D eigenvalue weighted by Crippen LogP contribution is 2.40. The number of carbonyl (C=O) groups is 2. The van der Waals surface area contributed by atoms with Gasteiger partial charge in [0.1, 0.15) is 11.4 Å². The Morgan fingerprint density at radius 2 is 1.95 bits per heavy atom. The third-order valence-electron chi connectivity index (χ3n) is 7.91. The molecule has 0 aromatic heterocycles. The van der Waals surface area contributed by atoms with Gasteiger partial charge in [0.05, 0.1) is 24.0 Å². The molecule has 0 saturated carbocycles. The lowest BCUT2D eigenvalue weighted by atomic mass is 9.87. The van der Waals surface area contributed by atoms with Crippen LogP contribution in [0.1, 0.15) is 107 Å². The fraction of sp³-hybridized carbons (Fsp3) is 0.469. The maximum Gasteiger partial charge on any atom is 0.251 e. The number of para-hydroxylation sites is 1. The smallest absolute Gasteiger partial charge is 0.251 e. The van der Waals surface area contributed by atoms with Crippen LogP contribution in [0.25, 0.3) is 0 Å². The molecular weight excluding hydrogens is 488 g/mol. The molecule has 7 nitrogen and oxygen atoms in total. The molecule has 0 aliphatic carbocycles. The molecule has 0 saturated heterocycles. The highest BCUT2D eigenvalue weighted by atomic mass is 16.5. The largest absolute Gasteiger partial charge is 0.487 e. The van der Waals surface area contributed by atoms with Gasteiger partial charge < -0.3 is 15.8 Å². The van der Waals surface area contributed by atoms with Crippen LogP contribution in [0.5, 0.6) is 5.75 Å². The first-order valence-electron chi connectivity index (χ1n) is 13.9. The minimum absolute atomic E-state index is 0.0449. The quantitative estimate of drug-likeness (QED) is 0.432. The van der Waals surface area contributed by atoms with Gasteiger partial charge in [-0.1, -0.05) is 44.2 Å². The van der Waals surface area contributed by atoms with Crippen LogP contribution in [0.2, 0.25) is 0 Å². The summed E-state index contributed by atoms with van der Waals surface area (Å²) >= 11 is 0. The van der Waals surface area contributed by atoms with Crippen molar-refractivity contribution in [2.45, 2.75) is 96.4 Å². The van der Waals surface area contributed by atoms with E-state index in [-0.39, 0.29) is 29.9 Å². The Labute approximate surface area is 232 Å². The fourth-order valence-corrected chi connectivity index (χ4v) is 5.66. The summed E-state index contributed by atoms with van der Waals surface area (Å²) in [4.78, 5) is 33.4. The molecule has 2 aromatic carbocycles. The molecule has 2 heterocycles. The molecule has 2 aromatic rings. The molecule has 7 heteroatoms. The maximum atomic E-state index is 13.5. The summed E-state index contributed by atoms with van der Waals surface area (Å²) in [7, 11) is 0. The number of nitrogens with two attached hydrogens (primary N) is 1. The zero-order valence-electron chi connectivity index (χ0n) is 23.7. The average Bonchev–Trinajstić information content (AvgIpc) is 2.91. The average molecular weight is 529 g/mol. The van der Waals surface area contributed by atoms with Crippen molar-refractivity contribution in [3.8, 4) is 17.6 Å². The van der Waals surface area contributed by atoms with Crippen LogP contribution in [0.4, 0.5) is 0 Å². The third kappa shape index (κ3) is 6.11. The monoisotopic (exact) mass is 528 g/mol. The number of aliphatic imine (C=N–C) groups is 1. The maximum absolute atomic E-state index is 13.5. The highest BCUT2D eigenvalue weighted by Gasteiger charge is 2.40. The molecule has 39 heavy (non-hydrogen) atoms. The van der Waals surface area contributed by atoms with Crippen LogP contribution in [-0.2, 0) is 4.79 Å². The zero-order valence-corrected chi connectivity index (χ0v) is 23.7. The summed E-state index contributed by atoms with van der Waals surface area (Å²) in [5.74, 6) is 6.84. The number of fused-ring (bicyclic) bond motifs is 1. The van der Waals surface area contributed by atoms with Crippen LogP contribution in [-0.4, -0.2) is 33.8 Å². The number of guanidine groups is 1. The molecule has 0 fully saturated rings. The topological polar surface area (TPSA) is 97.0 Å². The summed E-state index contributed by atoms with van der Waals surface area (Å²) in [6, 6.07) is 14.7. The number of rotatable bonds is 8. The number of nitrogens with one attached hydrogen (secondary N) is 1. The van der Waals surface area contributed by atoms with Gasteiger partial charge in [-0.3, -0.25) is 14.5 Å². The van der Waals surface area contributed by atoms with E-state index in [1.165, 1.54) is 0 Å². The number of hydrogen-bond acceptors (Lipinski definition) is 5. The molecular formula is C32H40N4O3. The van der Waals surface area contributed by atoms with Crippen molar-refractivity contribution in [2.75, 3.05) is 0 Å². The Kier molecular flexibility index (Phi) is 8.34. The second kappa shape index (κ2) is 11.5. The van der Waals surface area contributed by atoms with Crippen molar-refractivity contribution in [3.05, 3.63) is 65.2 Å². The standard InChI is InChI=1S/C32H40N4O3/c1-6-9-10-17-26(36-28(37)21-32(7-2,8-3)35-30(36)33)22-14-13-15-23(19-22)29(38)34-25-20-31(4,5)39-27-18-12-11-16-24(25)27/h11-16,18-19,25-26H,7-8,10,17,20-21H2,1-5H3,(H2,33,35)(H,34,38). The van der Waals surface area contributed by atoms with Crippen molar-refractivity contribution in [2.24, 2.45) is 10.7 Å². The molecule has 2 aliphatic heterocycles. The van der Waals surface area contributed by atoms with E-state index in [0.717, 1.165) is 29.7 Å². The van der Waals surface area contributed by atoms with Crippen LogP contribution < -0.4 is 15.8 Å². The number of ether oxygens (including phenoxy) is 1. The zero-order chi connectivity index (χ0) is 28.2. The SMILES string of the molecule is CC#CCCC(c1cccc(C(=O)NC2CC(C)(C)Oc3ccccc32)c1)N1C(=O)CC(CC)(CC)N=C1N. The van der Waals surface area contributed by atoms with E-state index in [1.54, 1.807) is 17.9 Å². The number of amides is 2. The first kappa shape index (κ1) is 28.2. The summed E-state index contributed by atoms with van der Waals surface area (Å²) in [5.41, 5.74) is 7.92. The van der Waals surface area contributed by atoms with Crippen molar-refractivity contribution in [3.63, 3.8) is 0 Å². The van der Waals surface area contributed by atoms with E-state index < -0.39 is 11.1 Å². The summed E-state index contributed by atoms with van der Waals surface area (Å²) in [6.45, 7) is 9.93. The molecule has 2 unspecified atom stereocenters. The Bertz CT molecular complexity index is 1320. The minimum atomic E-state index is -0.457. The summed E-state index contributed by atoms with van der Waals surface area (Å²) in [5, 5.41) is 3.22. The van der Waals surface area contributed by atoms with Crippen molar-refractivity contribution in [1.82, 2.24) is 10.2 Å². The fourth-order valence-electron chi connectivity index (χ4n) is 5.66. The molecule has 2 aliphatic rings. The Balaban J connectivity index is 1.64.